The number of likely N-dealkylation sites (tertiary alicyclic amines) is 1. The van der Waals surface area contributed by atoms with Gasteiger partial charge < -0.3 is 4.90 Å². The van der Waals surface area contributed by atoms with E-state index >= 15 is 0 Å². The molecule has 0 spiro atoms. The van der Waals surface area contributed by atoms with Gasteiger partial charge in [0, 0.05) is 24.5 Å². The van der Waals surface area contributed by atoms with E-state index in [-0.39, 0.29) is 17.2 Å². The maximum Gasteiger partial charge on any atom is 0.272 e. The number of hydrogen-bond acceptors (Lipinski definition) is 5. The first kappa shape index (κ1) is 20.9. The summed E-state index contributed by atoms with van der Waals surface area (Å²) in [5.41, 5.74) is 1.68. The Morgan fingerprint density at radius 3 is 2.90 bits per heavy atom. The minimum atomic E-state index is -0.0753. The Balaban J connectivity index is 1.63. The topological polar surface area (TPSA) is 55.2 Å². The number of piperidine rings is 1. The summed E-state index contributed by atoms with van der Waals surface area (Å²) in [6, 6.07) is 12.0. The molecule has 0 N–H and O–H groups in total. The highest BCUT2D eigenvalue weighted by molar-refractivity contribution is 7.99. The lowest BCUT2D eigenvalue weighted by atomic mass is 10.0. The SMILES string of the molecule is C=CCn1c(SCC(=O)N2CCCC(C)C2)nc2cc(-c3ccccc3)sc2c1=O. The minimum absolute atomic E-state index is 0.0753. The van der Waals surface area contributed by atoms with Gasteiger partial charge in [0.2, 0.25) is 5.91 Å². The molecule has 1 aliphatic rings. The smallest absolute Gasteiger partial charge is 0.272 e. The summed E-state index contributed by atoms with van der Waals surface area (Å²) < 4.78 is 2.26. The number of benzene rings is 1. The Bertz CT molecular complexity index is 1120. The van der Waals surface area contributed by atoms with Crippen LogP contribution < -0.4 is 5.56 Å². The number of carbonyl (C=O) groups excluding carboxylic acids is 1. The van der Waals surface area contributed by atoms with Crippen LogP contribution in [0, 0.1) is 5.92 Å². The largest absolute Gasteiger partial charge is 0.342 e. The third-order valence-corrected chi connectivity index (χ3v) is 7.43. The summed E-state index contributed by atoms with van der Waals surface area (Å²) in [5.74, 6) is 0.946. The van der Waals surface area contributed by atoms with Gasteiger partial charge in [0.15, 0.2) is 5.16 Å². The zero-order chi connectivity index (χ0) is 21.1. The molecule has 1 aliphatic heterocycles. The van der Waals surface area contributed by atoms with Crippen molar-refractivity contribution in [3.63, 3.8) is 0 Å². The average Bonchev–Trinajstić information content (AvgIpc) is 3.19. The van der Waals surface area contributed by atoms with Gasteiger partial charge in [-0.3, -0.25) is 14.2 Å². The van der Waals surface area contributed by atoms with Crippen LogP contribution in [0.4, 0.5) is 0 Å². The standard InChI is InChI=1S/C23H25N3O2S2/c1-3-11-26-22(28)21-18(13-19(30-21)17-9-5-4-6-10-17)24-23(26)29-15-20(27)25-12-7-8-16(2)14-25/h3-6,9-10,13,16H,1,7-8,11-12,14-15H2,2H3. The van der Waals surface area contributed by atoms with E-state index in [1.165, 1.54) is 29.5 Å². The average molecular weight is 440 g/mol. The lowest BCUT2D eigenvalue weighted by Crippen LogP contribution is -2.40. The number of allylic oxidation sites excluding steroid dienone is 1. The second-order valence-corrected chi connectivity index (χ2v) is 9.66. The van der Waals surface area contributed by atoms with Crippen molar-refractivity contribution < 1.29 is 4.79 Å². The van der Waals surface area contributed by atoms with Crippen LogP contribution >= 0.6 is 23.1 Å². The Morgan fingerprint density at radius 1 is 1.37 bits per heavy atom. The van der Waals surface area contributed by atoms with Crippen molar-refractivity contribution in [1.29, 1.82) is 0 Å². The number of thiophene rings is 1. The van der Waals surface area contributed by atoms with Crippen molar-refractivity contribution in [2.45, 2.75) is 31.5 Å². The fourth-order valence-corrected chi connectivity index (χ4v) is 5.73. The molecule has 30 heavy (non-hydrogen) atoms. The molecule has 0 bridgehead atoms. The molecule has 5 nitrogen and oxygen atoms in total. The number of thioether (sulfide) groups is 1. The van der Waals surface area contributed by atoms with Crippen LogP contribution in [0.2, 0.25) is 0 Å². The Kier molecular flexibility index (Phi) is 6.39. The highest BCUT2D eigenvalue weighted by Crippen LogP contribution is 2.32. The van der Waals surface area contributed by atoms with E-state index in [1.807, 2.05) is 41.3 Å². The molecule has 1 aromatic carbocycles. The maximum atomic E-state index is 13.2. The monoisotopic (exact) mass is 439 g/mol. The predicted molar refractivity (Wildman–Crippen MR) is 125 cm³/mol. The van der Waals surface area contributed by atoms with Gasteiger partial charge in [-0.2, -0.15) is 0 Å². The molecule has 2 aromatic heterocycles. The second-order valence-electron chi connectivity index (χ2n) is 7.67. The first-order valence-corrected chi connectivity index (χ1v) is 12.0. The number of aromatic nitrogens is 2. The quantitative estimate of drug-likeness (QED) is 0.318. The van der Waals surface area contributed by atoms with Crippen LogP contribution in [0.25, 0.3) is 20.7 Å². The van der Waals surface area contributed by atoms with Gasteiger partial charge in [-0.05, 0) is 30.4 Å². The van der Waals surface area contributed by atoms with Crippen molar-refractivity contribution >= 4 is 39.2 Å². The molecule has 3 heterocycles. The number of amides is 1. The summed E-state index contributed by atoms with van der Waals surface area (Å²) in [5, 5.41) is 0.572. The molecule has 156 valence electrons. The number of fused-ring (bicyclic) bond motifs is 1. The highest BCUT2D eigenvalue weighted by atomic mass is 32.2. The molecule has 1 unspecified atom stereocenters. The molecule has 1 saturated heterocycles. The zero-order valence-corrected chi connectivity index (χ0v) is 18.7. The predicted octanol–water partition coefficient (Wildman–Crippen LogP) is 4.66. The molecule has 4 rings (SSSR count). The molecular formula is C23H25N3O2S2. The van der Waals surface area contributed by atoms with Crippen LogP contribution in [-0.2, 0) is 11.3 Å². The second kappa shape index (κ2) is 9.18. The third-order valence-electron chi connectivity index (χ3n) is 5.30. The lowest BCUT2D eigenvalue weighted by Gasteiger charge is -2.30. The van der Waals surface area contributed by atoms with E-state index in [1.54, 1.807) is 10.6 Å². The van der Waals surface area contributed by atoms with Gasteiger partial charge in [0.1, 0.15) is 4.70 Å². The molecule has 1 amide bonds. The summed E-state index contributed by atoms with van der Waals surface area (Å²) in [6.45, 7) is 7.97. The van der Waals surface area contributed by atoms with Crippen LogP contribution in [0.3, 0.4) is 0 Å². The van der Waals surface area contributed by atoms with Crippen LogP contribution in [0.15, 0.2) is 59.0 Å². The molecule has 1 atom stereocenters. The van der Waals surface area contributed by atoms with Gasteiger partial charge in [0.25, 0.3) is 5.56 Å². The third kappa shape index (κ3) is 4.37. The molecule has 7 heteroatoms. The van der Waals surface area contributed by atoms with E-state index in [0.717, 1.165) is 30.0 Å². The summed E-state index contributed by atoms with van der Waals surface area (Å²) in [6.07, 6.45) is 3.93. The van der Waals surface area contributed by atoms with E-state index < -0.39 is 0 Å². The summed E-state index contributed by atoms with van der Waals surface area (Å²) in [7, 11) is 0. The number of nitrogens with zero attached hydrogens (tertiary/aromatic N) is 3. The van der Waals surface area contributed by atoms with Gasteiger partial charge in [-0.25, -0.2) is 4.98 Å². The molecular weight excluding hydrogens is 414 g/mol. The Hall–Kier alpha value is -2.38. The Morgan fingerprint density at radius 2 is 2.17 bits per heavy atom. The number of hydrogen-bond donors (Lipinski definition) is 0. The molecule has 0 radical (unpaired) electrons. The van der Waals surface area contributed by atoms with E-state index in [9.17, 15) is 9.59 Å². The van der Waals surface area contributed by atoms with Gasteiger partial charge in [0.05, 0.1) is 11.3 Å². The van der Waals surface area contributed by atoms with Gasteiger partial charge >= 0.3 is 0 Å². The first-order chi connectivity index (χ1) is 14.6. The highest BCUT2D eigenvalue weighted by Gasteiger charge is 2.22. The van der Waals surface area contributed by atoms with E-state index in [2.05, 4.69) is 13.5 Å². The Labute approximate surface area is 184 Å². The van der Waals surface area contributed by atoms with Crippen LogP contribution in [-0.4, -0.2) is 39.2 Å². The van der Waals surface area contributed by atoms with Gasteiger partial charge in [-0.15, -0.1) is 17.9 Å². The van der Waals surface area contributed by atoms with Crippen molar-refractivity contribution in [3.05, 3.63) is 59.4 Å². The van der Waals surface area contributed by atoms with Crippen molar-refractivity contribution in [3.8, 4) is 10.4 Å². The molecule has 3 aromatic rings. The first-order valence-electron chi connectivity index (χ1n) is 10.2. The van der Waals surface area contributed by atoms with E-state index in [0.29, 0.717) is 27.8 Å². The molecule has 1 fully saturated rings. The number of rotatable bonds is 6. The fourth-order valence-electron chi connectivity index (χ4n) is 3.77. The summed E-state index contributed by atoms with van der Waals surface area (Å²) in [4.78, 5) is 33.5. The molecule has 0 aliphatic carbocycles. The van der Waals surface area contributed by atoms with Crippen molar-refractivity contribution in [1.82, 2.24) is 14.5 Å². The number of carbonyl (C=O) groups is 1. The molecule has 0 saturated carbocycles. The van der Waals surface area contributed by atoms with Crippen LogP contribution in [0.5, 0.6) is 0 Å². The fraction of sp³-hybridized carbons (Fsp3) is 0.348. The van der Waals surface area contributed by atoms with Crippen molar-refractivity contribution in [2.24, 2.45) is 5.92 Å². The lowest BCUT2D eigenvalue weighted by molar-refractivity contribution is -0.130. The summed E-state index contributed by atoms with van der Waals surface area (Å²) >= 11 is 2.80. The van der Waals surface area contributed by atoms with E-state index in [4.69, 9.17) is 4.98 Å². The van der Waals surface area contributed by atoms with Gasteiger partial charge in [-0.1, -0.05) is 55.1 Å². The normalized spacial score (nSPS) is 16.7. The van der Waals surface area contributed by atoms with Crippen molar-refractivity contribution in [2.75, 3.05) is 18.8 Å². The van der Waals surface area contributed by atoms with Crippen LogP contribution in [0.1, 0.15) is 19.8 Å². The zero-order valence-electron chi connectivity index (χ0n) is 17.0. The minimum Gasteiger partial charge on any atom is -0.342 e. The maximum absolute atomic E-state index is 13.2.